The van der Waals surface area contributed by atoms with E-state index in [0.717, 1.165) is 37.3 Å². The zero-order valence-electron chi connectivity index (χ0n) is 10.6. The Kier molecular flexibility index (Phi) is 5.43. The van der Waals surface area contributed by atoms with E-state index in [2.05, 4.69) is 36.0 Å². The Bertz CT molecular complexity index is 312. The fourth-order valence-electron chi connectivity index (χ4n) is 1.89. The maximum atomic E-state index is 6.01. The molecule has 1 aromatic heterocycles. The first-order chi connectivity index (χ1) is 7.61. The van der Waals surface area contributed by atoms with Crippen molar-refractivity contribution in [2.45, 2.75) is 39.3 Å². The van der Waals surface area contributed by atoms with Gasteiger partial charge in [0.2, 0.25) is 0 Å². The van der Waals surface area contributed by atoms with Gasteiger partial charge in [0.1, 0.15) is 0 Å². The number of likely N-dealkylation sites (N-methyl/N-ethyl adjacent to an activating group) is 1. The molecule has 0 radical (unpaired) electrons. The molecule has 1 aromatic rings. The van der Waals surface area contributed by atoms with Gasteiger partial charge < -0.3 is 5.73 Å². The molecule has 2 N–H and O–H groups in total. The van der Waals surface area contributed by atoms with Gasteiger partial charge in [-0.1, -0.05) is 19.4 Å². The van der Waals surface area contributed by atoms with Crippen molar-refractivity contribution in [3.05, 3.63) is 29.6 Å². The Hall–Kier alpha value is -0.930. The lowest BCUT2D eigenvalue weighted by Crippen LogP contribution is -2.34. The van der Waals surface area contributed by atoms with Crippen molar-refractivity contribution < 1.29 is 0 Å². The number of hydrogen-bond donors (Lipinski definition) is 1. The first-order valence-corrected chi connectivity index (χ1v) is 5.98. The zero-order chi connectivity index (χ0) is 12.0. The predicted molar refractivity (Wildman–Crippen MR) is 68.2 cm³/mol. The van der Waals surface area contributed by atoms with Crippen molar-refractivity contribution in [2.75, 3.05) is 13.6 Å². The third kappa shape index (κ3) is 4.73. The number of hydrogen-bond acceptors (Lipinski definition) is 3. The zero-order valence-corrected chi connectivity index (χ0v) is 10.6. The van der Waals surface area contributed by atoms with Gasteiger partial charge >= 0.3 is 0 Å². The summed E-state index contributed by atoms with van der Waals surface area (Å²) < 4.78 is 0. The summed E-state index contributed by atoms with van der Waals surface area (Å²) in [6.45, 7) is 6.00. The fourth-order valence-corrected chi connectivity index (χ4v) is 1.89. The second-order valence-electron chi connectivity index (χ2n) is 4.52. The standard InChI is InChI=1S/C13H23N3/c1-4-6-12(14)9-16(3)10-13-8-5-7-11(2)15-13/h5,7-8,12H,4,6,9-10,14H2,1-3H3. The highest BCUT2D eigenvalue weighted by molar-refractivity contribution is 5.09. The van der Waals surface area contributed by atoms with E-state index >= 15 is 0 Å². The maximum Gasteiger partial charge on any atom is 0.0547 e. The van der Waals surface area contributed by atoms with Gasteiger partial charge in [0.05, 0.1) is 5.69 Å². The van der Waals surface area contributed by atoms with Crippen LogP contribution in [0.1, 0.15) is 31.2 Å². The van der Waals surface area contributed by atoms with Crippen LogP contribution in [-0.2, 0) is 6.54 Å². The minimum absolute atomic E-state index is 0.278. The van der Waals surface area contributed by atoms with E-state index in [-0.39, 0.29) is 6.04 Å². The Morgan fingerprint density at radius 1 is 1.44 bits per heavy atom. The van der Waals surface area contributed by atoms with Crippen LogP contribution in [0.4, 0.5) is 0 Å². The lowest BCUT2D eigenvalue weighted by atomic mass is 10.1. The van der Waals surface area contributed by atoms with Crippen molar-refractivity contribution in [2.24, 2.45) is 5.73 Å². The lowest BCUT2D eigenvalue weighted by molar-refractivity contribution is 0.293. The van der Waals surface area contributed by atoms with Crippen LogP contribution in [0.3, 0.4) is 0 Å². The highest BCUT2D eigenvalue weighted by atomic mass is 15.1. The molecule has 0 aliphatic rings. The van der Waals surface area contributed by atoms with E-state index in [0.29, 0.717) is 0 Å². The van der Waals surface area contributed by atoms with Crippen molar-refractivity contribution in [1.82, 2.24) is 9.88 Å². The maximum absolute atomic E-state index is 6.01. The number of pyridine rings is 1. The molecule has 0 spiro atoms. The highest BCUT2D eigenvalue weighted by Gasteiger charge is 2.07. The summed E-state index contributed by atoms with van der Waals surface area (Å²) in [6.07, 6.45) is 2.24. The van der Waals surface area contributed by atoms with Crippen molar-refractivity contribution in [1.29, 1.82) is 0 Å². The minimum atomic E-state index is 0.278. The van der Waals surface area contributed by atoms with Gasteiger partial charge in [0.15, 0.2) is 0 Å². The molecule has 90 valence electrons. The van der Waals surface area contributed by atoms with Gasteiger partial charge in [-0.2, -0.15) is 0 Å². The van der Waals surface area contributed by atoms with Gasteiger partial charge in [-0.05, 0) is 32.5 Å². The van der Waals surface area contributed by atoms with E-state index < -0.39 is 0 Å². The first kappa shape index (κ1) is 13.1. The average molecular weight is 221 g/mol. The molecule has 1 unspecified atom stereocenters. The molecule has 0 fully saturated rings. The van der Waals surface area contributed by atoms with Gasteiger partial charge in [-0.3, -0.25) is 9.88 Å². The molecule has 0 aliphatic carbocycles. The van der Waals surface area contributed by atoms with E-state index in [1.165, 1.54) is 0 Å². The second kappa shape index (κ2) is 6.61. The third-order valence-corrected chi connectivity index (χ3v) is 2.58. The van der Waals surface area contributed by atoms with Gasteiger partial charge in [-0.15, -0.1) is 0 Å². The van der Waals surface area contributed by atoms with E-state index in [1.54, 1.807) is 0 Å². The normalized spacial score (nSPS) is 13.1. The van der Waals surface area contributed by atoms with Gasteiger partial charge in [0, 0.05) is 24.8 Å². The summed E-state index contributed by atoms with van der Waals surface area (Å²) in [5, 5.41) is 0. The minimum Gasteiger partial charge on any atom is -0.327 e. The Morgan fingerprint density at radius 2 is 2.19 bits per heavy atom. The number of aromatic nitrogens is 1. The number of nitrogens with two attached hydrogens (primary N) is 1. The largest absolute Gasteiger partial charge is 0.327 e. The van der Waals surface area contributed by atoms with Crippen LogP contribution in [0.5, 0.6) is 0 Å². The molecule has 0 amide bonds. The number of rotatable bonds is 6. The summed E-state index contributed by atoms with van der Waals surface area (Å²) in [6, 6.07) is 6.42. The smallest absolute Gasteiger partial charge is 0.0547 e. The molecule has 1 heterocycles. The topological polar surface area (TPSA) is 42.1 Å². The van der Waals surface area contributed by atoms with Crippen LogP contribution in [-0.4, -0.2) is 29.5 Å². The van der Waals surface area contributed by atoms with Crippen molar-refractivity contribution in [3.63, 3.8) is 0 Å². The molecule has 0 saturated heterocycles. The van der Waals surface area contributed by atoms with E-state index in [9.17, 15) is 0 Å². The summed E-state index contributed by atoms with van der Waals surface area (Å²) in [4.78, 5) is 6.72. The molecular formula is C13H23N3. The molecule has 0 saturated carbocycles. The molecule has 3 nitrogen and oxygen atoms in total. The Morgan fingerprint density at radius 3 is 2.81 bits per heavy atom. The monoisotopic (exact) mass is 221 g/mol. The predicted octanol–water partition coefficient (Wildman–Crippen LogP) is 1.95. The van der Waals surface area contributed by atoms with E-state index in [4.69, 9.17) is 5.73 Å². The molecule has 0 aliphatic heterocycles. The van der Waals surface area contributed by atoms with Crippen LogP contribution in [0, 0.1) is 6.92 Å². The SMILES string of the molecule is CCCC(N)CN(C)Cc1cccc(C)n1. The van der Waals surface area contributed by atoms with Crippen LogP contribution < -0.4 is 5.73 Å². The Balaban J connectivity index is 2.42. The van der Waals surface area contributed by atoms with Crippen molar-refractivity contribution >= 4 is 0 Å². The number of aryl methyl sites for hydroxylation is 1. The van der Waals surface area contributed by atoms with Crippen LogP contribution in [0.25, 0.3) is 0 Å². The summed E-state index contributed by atoms with van der Waals surface area (Å²) in [5.41, 5.74) is 8.20. The molecule has 16 heavy (non-hydrogen) atoms. The van der Waals surface area contributed by atoms with E-state index in [1.807, 2.05) is 13.0 Å². The third-order valence-electron chi connectivity index (χ3n) is 2.58. The van der Waals surface area contributed by atoms with Crippen molar-refractivity contribution in [3.8, 4) is 0 Å². The average Bonchev–Trinajstić information content (AvgIpc) is 2.17. The first-order valence-electron chi connectivity index (χ1n) is 5.98. The fraction of sp³-hybridized carbons (Fsp3) is 0.615. The molecule has 1 atom stereocenters. The summed E-state index contributed by atoms with van der Waals surface area (Å²) >= 11 is 0. The molecule has 0 bridgehead atoms. The summed E-state index contributed by atoms with van der Waals surface area (Å²) in [5.74, 6) is 0. The molecule has 3 heteroatoms. The summed E-state index contributed by atoms with van der Waals surface area (Å²) in [7, 11) is 2.10. The lowest BCUT2D eigenvalue weighted by Gasteiger charge is -2.20. The molecule has 1 rings (SSSR count). The quantitative estimate of drug-likeness (QED) is 0.798. The Labute approximate surface area is 98.7 Å². The van der Waals surface area contributed by atoms with Gasteiger partial charge in [-0.25, -0.2) is 0 Å². The second-order valence-corrected chi connectivity index (χ2v) is 4.52. The van der Waals surface area contributed by atoms with Gasteiger partial charge in [0.25, 0.3) is 0 Å². The highest BCUT2D eigenvalue weighted by Crippen LogP contribution is 2.03. The molecular weight excluding hydrogens is 198 g/mol. The van der Waals surface area contributed by atoms with Crippen LogP contribution >= 0.6 is 0 Å². The number of nitrogens with zero attached hydrogens (tertiary/aromatic N) is 2. The van der Waals surface area contributed by atoms with Crippen LogP contribution in [0.15, 0.2) is 18.2 Å². The molecule has 0 aromatic carbocycles. The van der Waals surface area contributed by atoms with Crippen LogP contribution in [0.2, 0.25) is 0 Å².